The summed E-state index contributed by atoms with van der Waals surface area (Å²) in [5.74, 6) is -2.86. The lowest BCUT2D eigenvalue weighted by Crippen LogP contribution is -2.55. The number of likely N-dealkylation sites (tertiary alicyclic amines) is 1. The van der Waals surface area contributed by atoms with Crippen LogP contribution in [0.5, 0.6) is 5.75 Å². The number of fused-ring (bicyclic) bond motifs is 3. The number of phenols is 1. The first kappa shape index (κ1) is 19.4. The molecule has 2 heterocycles. The van der Waals surface area contributed by atoms with Gasteiger partial charge in [0.25, 0.3) is 0 Å². The van der Waals surface area contributed by atoms with Crippen molar-refractivity contribution >= 4 is 11.8 Å². The summed E-state index contributed by atoms with van der Waals surface area (Å²) in [5, 5.41) is 21.2. The number of amides is 2. The van der Waals surface area contributed by atoms with Crippen molar-refractivity contribution < 1.29 is 24.5 Å². The molecule has 1 aromatic carbocycles. The molecule has 0 bridgehead atoms. The van der Waals surface area contributed by atoms with Crippen LogP contribution in [0.25, 0.3) is 0 Å². The van der Waals surface area contributed by atoms with E-state index in [4.69, 9.17) is 4.74 Å². The first-order valence-corrected chi connectivity index (χ1v) is 10.3. The summed E-state index contributed by atoms with van der Waals surface area (Å²) in [7, 11) is 0. The summed E-state index contributed by atoms with van der Waals surface area (Å²) < 4.78 is 6.23. The smallest absolute Gasteiger partial charge is 0.233 e. The van der Waals surface area contributed by atoms with Gasteiger partial charge in [0.15, 0.2) is 5.79 Å². The van der Waals surface area contributed by atoms with Gasteiger partial charge in [-0.15, -0.1) is 0 Å². The van der Waals surface area contributed by atoms with Gasteiger partial charge in [-0.3, -0.25) is 14.5 Å². The maximum absolute atomic E-state index is 13.1. The van der Waals surface area contributed by atoms with Crippen LogP contribution in [-0.4, -0.2) is 39.3 Å². The number of aliphatic hydroxyl groups is 1. The monoisotopic (exact) mass is 387 g/mol. The molecule has 1 aliphatic carbocycles. The number of nitrogens with zero attached hydrogens (tertiary/aromatic N) is 1. The third-order valence-electron chi connectivity index (χ3n) is 6.89. The van der Waals surface area contributed by atoms with Gasteiger partial charge in [0.1, 0.15) is 5.75 Å². The molecule has 0 aromatic heterocycles. The fourth-order valence-electron chi connectivity index (χ4n) is 5.57. The normalized spacial score (nSPS) is 37.5. The van der Waals surface area contributed by atoms with Gasteiger partial charge in [-0.05, 0) is 42.9 Å². The standard InChI is InChI=1S/C22H29NO5/c1-4-9-23-20(25)15-10-16(12(2)3)22(27)17(19(15)21(23)26)11-18(28-22)13-5-7-14(24)8-6-13/h5-8,12,15-19,24,27H,4,9-11H2,1-3H3/t15-,16+,17-,18-,19-,22+/m0/s1. The van der Waals surface area contributed by atoms with Gasteiger partial charge in [0.2, 0.25) is 11.8 Å². The van der Waals surface area contributed by atoms with Crippen LogP contribution in [0, 0.1) is 29.6 Å². The summed E-state index contributed by atoms with van der Waals surface area (Å²) in [5.41, 5.74) is 0.863. The molecule has 0 radical (unpaired) electrons. The molecule has 1 aromatic rings. The molecule has 0 spiro atoms. The number of imide groups is 1. The van der Waals surface area contributed by atoms with Gasteiger partial charge in [-0.1, -0.05) is 32.9 Å². The van der Waals surface area contributed by atoms with Crippen LogP contribution in [0.1, 0.15) is 51.7 Å². The molecule has 2 aliphatic heterocycles. The molecule has 0 unspecified atom stereocenters. The summed E-state index contributed by atoms with van der Waals surface area (Å²) >= 11 is 0. The highest BCUT2D eigenvalue weighted by Crippen LogP contribution is 2.59. The maximum atomic E-state index is 13.1. The second-order valence-electron chi connectivity index (χ2n) is 8.84. The third-order valence-corrected chi connectivity index (χ3v) is 6.89. The minimum absolute atomic E-state index is 0.0855. The average molecular weight is 387 g/mol. The predicted molar refractivity (Wildman–Crippen MR) is 102 cm³/mol. The number of hydrogen-bond donors (Lipinski definition) is 2. The van der Waals surface area contributed by atoms with Crippen molar-refractivity contribution in [2.24, 2.45) is 29.6 Å². The van der Waals surface area contributed by atoms with Gasteiger partial charge in [-0.2, -0.15) is 0 Å². The highest BCUT2D eigenvalue weighted by molar-refractivity contribution is 6.05. The van der Waals surface area contributed by atoms with Crippen molar-refractivity contribution in [2.75, 3.05) is 6.54 Å². The van der Waals surface area contributed by atoms with Crippen molar-refractivity contribution in [2.45, 2.75) is 51.9 Å². The Morgan fingerprint density at radius 2 is 1.86 bits per heavy atom. The van der Waals surface area contributed by atoms with Crippen molar-refractivity contribution in [3.63, 3.8) is 0 Å². The van der Waals surface area contributed by atoms with E-state index in [1.165, 1.54) is 4.90 Å². The largest absolute Gasteiger partial charge is 0.508 e. The van der Waals surface area contributed by atoms with Gasteiger partial charge < -0.3 is 14.9 Å². The summed E-state index contributed by atoms with van der Waals surface area (Å²) in [4.78, 5) is 27.4. The molecule has 152 valence electrons. The minimum atomic E-state index is -1.42. The van der Waals surface area contributed by atoms with Crippen LogP contribution < -0.4 is 0 Å². The first-order chi connectivity index (χ1) is 13.3. The minimum Gasteiger partial charge on any atom is -0.508 e. The van der Waals surface area contributed by atoms with E-state index < -0.39 is 17.6 Å². The van der Waals surface area contributed by atoms with Crippen LogP contribution in [0.15, 0.2) is 24.3 Å². The van der Waals surface area contributed by atoms with Crippen molar-refractivity contribution in [3.05, 3.63) is 29.8 Å². The van der Waals surface area contributed by atoms with Crippen LogP contribution in [0.3, 0.4) is 0 Å². The van der Waals surface area contributed by atoms with E-state index in [9.17, 15) is 19.8 Å². The molecule has 3 aliphatic rings. The second kappa shape index (κ2) is 6.85. The Bertz CT molecular complexity index is 776. The van der Waals surface area contributed by atoms with Gasteiger partial charge in [0, 0.05) is 18.4 Å². The Balaban J connectivity index is 1.71. The van der Waals surface area contributed by atoms with Crippen molar-refractivity contribution in [3.8, 4) is 5.75 Å². The number of carbonyl (C=O) groups excluding carboxylic acids is 2. The van der Waals surface area contributed by atoms with E-state index >= 15 is 0 Å². The molecule has 3 fully saturated rings. The zero-order valence-corrected chi connectivity index (χ0v) is 16.7. The lowest BCUT2D eigenvalue weighted by atomic mass is 9.62. The van der Waals surface area contributed by atoms with Gasteiger partial charge >= 0.3 is 0 Å². The number of ether oxygens (including phenoxy) is 1. The summed E-state index contributed by atoms with van der Waals surface area (Å²) in [6.07, 6.45) is 1.33. The molecule has 2 saturated heterocycles. The van der Waals surface area contributed by atoms with E-state index in [1.807, 2.05) is 20.8 Å². The molecule has 2 N–H and O–H groups in total. The second-order valence-corrected chi connectivity index (χ2v) is 8.84. The van der Waals surface area contributed by atoms with Crippen LogP contribution in [0.4, 0.5) is 0 Å². The fourth-order valence-corrected chi connectivity index (χ4v) is 5.57. The Kier molecular flexibility index (Phi) is 4.74. The maximum Gasteiger partial charge on any atom is 0.233 e. The lowest BCUT2D eigenvalue weighted by Gasteiger charge is -2.46. The third kappa shape index (κ3) is 2.77. The Labute approximate surface area is 165 Å². The first-order valence-electron chi connectivity index (χ1n) is 10.3. The van der Waals surface area contributed by atoms with E-state index in [0.29, 0.717) is 19.4 Å². The summed E-state index contributed by atoms with van der Waals surface area (Å²) in [6, 6.07) is 6.77. The highest BCUT2D eigenvalue weighted by Gasteiger charge is 2.66. The van der Waals surface area contributed by atoms with E-state index in [0.717, 1.165) is 12.0 Å². The predicted octanol–water partition coefficient (Wildman–Crippen LogP) is 2.85. The number of rotatable bonds is 4. The fraction of sp³-hybridized carbons (Fsp3) is 0.636. The van der Waals surface area contributed by atoms with E-state index in [2.05, 4.69) is 0 Å². The Morgan fingerprint density at radius 1 is 1.18 bits per heavy atom. The number of phenolic OH excluding ortho intramolecular Hbond substituents is 1. The number of carbonyl (C=O) groups is 2. The molecule has 28 heavy (non-hydrogen) atoms. The molecular weight excluding hydrogens is 358 g/mol. The number of aromatic hydroxyl groups is 1. The van der Waals surface area contributed by atoms with Crippen molar-refractivity contribution in [1.82, 2.24) is 4.90 Å². The molecule has 6 atom stereocenters. The highest BCUT2D eigenvalue weighted by atomic mass is 16.6. The van der Waals surface area contributed by atoms with Crippen molar-refractivity contribution in [1.29, 1.82) is 0 Å². The van der Waals surface area contributed by atoms with E-state index in [-0.39, 0.29) is 41.4 Å². The van der Waals surface area contributed by atoms with Gasteiger partial charge in [-0.25, -0.2) is 0 Å². The molecule has 6 nitrogen and oxygen atoms in total. The number of hydrogen-bond acceptors (Lipinski definition) is 5. The Morgan fingerprint density at radius 3 is 2.46 bits per heavy atom. The zero-order chi connectivity index (χ0) is 20.2. The average Bonchev–Trinajstić information content (AvgIpc) is 3.11. The van der Waals surface area contributed by atoms with Crippen LogP contribution in [0.2, 0.25) is 0 Å². The molecule has 2 amide bonds. The topological polar surface area (TPSA) is 87.1 Å². The molecular formula is C22H29NO5. The number of benzene rings is 1. The van der Waals surface area contributed by atoms with Crippen LogP contribution in [-0.2, 0) is 14.3 Å². The zero-order valence-electron chi connectivity index (χ0n) is 16.7. The Hall–Kier alpha value is -1.92. The molecule has 4 rings (SSSR count). The van der Waals surface area contributed by atoms with Gasteiger partial charge in [0.05, 0.1) is 17.9 Å². The SMILES string of the molecule is CCCN1C(=O)[C@H]2[C@H](C[C@H](C(C)C)[C@@]3(O)O[C@H](c4ccc(O)cc4)C[C@@H]23)C1=O. The van der Waals surface area contributed by atoms with E-state index in [1.54, 1.807) is 24.3 Å². The lowest BCUT2D eigenvalue weighted by molar-refractivity contribution is -0.276. The molecule has 1 saturated carbocycles. The quantitative estimate of drug-likeness (QED) is 0.776. The summed E-state index contributed by atoms with van der Waals surface area (Å²) in [6.45, 7) is 6.45. The molecule has 6 heteroatoms. The van der Waals surface area contributed by atoms with Crippen LogP contribution >= 0.6 is 0 Å².